The Morgan fingerprint density at radius 1 is 1.53 bits per heavy atom. The minimum absolute atomic E-state index is 0.0316. The van der Waals surface area contributed by atoms with E-state index < -0.39 is 0 Å². The van der Waals surface area contributed by atoms with Crippen molar-refractivity contribution in [3.63, 3.8) is 0 Å². The monoisotopic (exact) mass is 236 g/mol. The van der Waals surface area contributed by atoms with Crippen molar-refractivity contribution in [2.75, 3.05) is 6.54 Å². The second-order valence-corrected chi connectivity index (χ2v) is 4.23. The number of nitrogens with one attached hydrogen (secondary N) is 1. The van der Waals surface area contributed by atoms with Gasteiger partial charge in [0.25, 0.3) is 5.91 Å². The summed E-state index contributed by atoms with van der Waals surface area (Å²) in [5, 5.41) is 12.5. The van der Waals surface area contributed by atoms with E-state index in [4.69, 9.17) is 5.73 Å². The van der Waals surface area contributed by atoms with Crippen LogP contribution in [0.5, 0.6) is 5.75 Å². The van der Waals surface area contributed by atoms with Crippen LogP contribution >= 0.6 is 0 Å². The van der Waals surface area contributed by atoms with Crippen LogP contribution < -0.4 is 11.1 Å². The van der Waals surface area contributed by atoms with Crippen molar-refractivity contribution in [3.8, 4) is 5.75 Å². The van der Waals surface area contributed by atoms with Gasteiger partial charge in [-0.25, -0.2) is 0 Å². The second-order valence-electron chi connectivity index (χ2n) is 4.23. The Hall–Kier alpha value is -1.55. The summed E-state index contributed by atoms with van der Waals surface area (Å²) in [4.78, 5) is 11.8. The molecule has 0 bridgehead atoms. The average Bonchev–Trinajstić information content (AvgIpc) is 2.30. The molecule has 0 aliphatic rings. The van der Waals surface area contributed by atoms with Crippen LogP contribution in [-0.4, -0.2) is 23.6 Å². The van der Waals surface area contributed by atoms with Crippen LogP contribution in [0.1, 0.15) is 35.7 Å². The molecule has 1 rings (SSSR count). The lowest BCUT2D eigenvalue weighted by Gasteiger charge is -2.12. The largest absolute Gasteiger partial charge is 0.507 e. The lowest BCUT2D eigenvalue weighted by molar-refractivity contribution is 0.0948. The van der Waals surface area contributed by atoms with Crippen LogP contribution in [0, 0.1) is 6.92 Å². The highest BCUT2D eigenvalue weighted by molar-refractivity contribution is 5.97. The Balaban J connectivity index is 2.61. The van der Waals surface area contributed by atoms with E-state index in [1.165, 1.54) is 0 Å². The van der Waals surface area contributed by atoms with Gasteiger partial charge < -0.3 is 16.2 Å². The van der Waals surface area contributed by atoms with Crippen molar-refractivity contribution >= 4 is 5.91 Å². The first-order valence-electron chi connectivity index (χ1n) is 5.88. The number of phenolic OH excluding ortho intramolecular Hbond substituents is 1. The summed E-state index contributed by atoms with van der Waals surface area (Å²) in [6.07, 6.45) is 1.87. The smallest absolute Gasteiger partial charge is 0.255 e. The number of aromatic hydroxyl groups is 1. The van der Waals surface area contributed by atoms with Gasteiger partial charge in [-0.2, -0.15) is 0 Å². The van der Waals surface area contributed by atoms with Crippen molar-refractivity contribution in [2.24, 2.45) is 5.73 Å². The molecule has 0 aromatic heterocycles. The predicted octanol–water partition coefficient (Wildman–Crippen LogP) is 1.56. The predicted molar refractivity (Wildman–Crippen MR) is 68.1 cm³/mol. The van der Waals surface area contributed by atoms with Crippen LogP contribution in [0.15, 0.2) is 18.2 Å². The minimum Gasteiger partial charge on any atom is -0.507 e. The van der Waals surface area contributed by atoms with Crippen molar-refractivity contribution in [1.82, 2.24) is 5.32 Å². The Labute approximate surface area is 102 Å². The van der Waals surface area contributed by atoms with E-state index >= 15 is 0 Å². The molecule has 1 amide bonds. The summed E-state index contributed by atoms with van der Waals surface area (Å²) in [6, 6.07) is 5.07. The first kappa shape index (κ1) is 13.5. The Bertz CT molecular complexity index is 391. The quantitative estimate of drug-likeness (QED) is 0.726. The van der Waals surface area contributed by atoms with Gasteiger partial charge in [-0.05, 0) is 25.0 Å². The van der Waals surface area contributed by atoms with Gasteiger partial charge in [0.1, 0.15) is 5.75 Å². The van der Waals surface area contributed by atoms with E-state index in [9.17, 15) is 9.90 Å². The molecule has 17 heavy (non-hydrogen) atoms. The van der Waals surface area contributed by atoms with Gasteiger partial charge >= 0.3 is 0 Å². The van der Waals surface area contributed by atoms with Gasteiger partial charge in [-0.3, -0.25) is 4.79 Å². The summed E-state index contributed by atoms with van der Waals surface area (Å²) < 4.78 is 0. The van der Waals surface area contributed by atoms with Crippen molar-refractivity contribution < 1.29 is 9.90 Å². The molecule has 4 N–H and O–H groups in total. The normalized spacial score (nSPS) is 12.2. The van der Waals surface area contributed by atoms with Gasteiger partial charge in [0.05, 0.1) is 5.56 Å². The van der Waals surface area contributed by atoms with Crippen molar-refractivity contribution in [3.05, 3.63) is 29.3 Å². The SMILES string of the molecule is CCCC(N)CNC(=O)c1cccc(C)c1O. The van der Waals surface area contributed by atoms with Crippen molar-refractivity contribution in [2.45, 2.75) is 32.7 Å². The summed E-state index contributed by atoms with van der Waals surface area (Å²) in [5.41, 5.74) is 6.79. The number of hydrogen-bond donors (Lipinski definition) is 3. The molecule has 0 saturated carbocycles. The maximum Gasteiger partial charge on any atom is 0.255 e. The second kappa shape index (κ2) is 6.25. The molecule has 1 atom stereocenters. The summed E-state index contributed by atoms with van der Waals surface area (Å²) in [6.45, 7) is 4.24. The lowest BCUT2D eigenvalue weighted by Crippen LogP contribution is -2.37. The maximum atomic E-state index is 11.8. The molecule has 94 valence electrons. The van der Waals surface area contributed by atoms with Crippen LogP contribution in [0.25, 0.3) is 0 Å². The molecule has 0 aliphatic heterocycles. The standard InChI is InChI=1S/C13H20N2O2/c1-3-5-10(14)8-15-13(17)11-7-4-6-9(2)12(11)16/h4,6-7,10,16H,3,5,8,14H2,1-2H3,(H,15,17). The molecule has 4 heteroatoms. The van der Waals surface area contributed by atoms with Crippen LogP contribution in [0.4, 0.5) is 0 Å². The third kappa shape index (κ3) is 3.75. The zero-order valence-corrected chi connectivity index (χ0v) is 10.4. The highest BCUT2D eigenvalue weighted by atomic mass is 16.3. The van der Waals surface area contributed by atoms with Gasteiger partial charge in [-0.15, -0.1) is 0 Å². The highest BCUT2D eigenvalue weighted by Gasteiger charge is 2.12. The molecule has 0 spiro atoms. The molecule has 0 heterocycles. The Kier molecular flexibility index (Phi) is 4.97. The molecule has 0 saturated heterocycles. The third-order valence-electron chi connectivity index (χ3n) is 2.67. The number of carbonyl (C=O) groups excluding carboxylic acids is 1. The first-order chi connectivity index (χ1) is 8.06. The third-order valence-corrected chi connectivity index (χ3v) is 2.67. The maximum absolute atomic E-state index is 11.8. The van der Waals surface area contributed by atoms with E-state index in [1.807, 2.05) is 6.92 Å². The van der Waals surface area contributed by atoms with Crippen LogP contribution in [-0.2, 0) is 0 Å². The number of aryl methyl sites for hydroxylation is 1. The van der Waals surface area contributed by atoms with E-state index in [0.29, 0.717) is 17.7 Å². The van der Waals surface area contributed by atoms with E-state index in [2.05, 4.69) is 5.32 Å². The molecule has 1 unspecified atom stereocenters. The number of carbonyl (C=O) groups is 1. The van der Waals surface area contributed by atoms with Crippen LogP contribution in [0.2, 0.25) is 0 Å². The Morgan fingerprint density at radius 2 is 2.24 bits per heavy atom. The van der Waals surface area contributed by atoms with Gasteiger partial charge in [0, 0.05) is 12.6 Å². The molecule has 0 aliphatic carbocycles. The number of para-hydroxylation sites is 1. The molecule has 1 aromatic carbocycles. The topological polar surface area (TPSA) is 75.3 Å². The molecular weight excluding hydrogens is 216 g/mol. The first-order valence-corrected chi connectivity index (χ1v) is 5.88. The number of nitrogens with two attached hydrogens (primary N) is 1. The summed E-state index contributed by atoms with van der Waals surface area (Å²) in [7, 11) is 0. The van der Waals surface area contributed by atoms with Gasteiger partial charge in [-0.1, -0.05) is 25.5 Å². The van der Waals surface area contributed by atoms with E-state index in [0.717, 1.165) is 12.8 Å². The molecule has 0 radical (unpaired) electrons. The fraction of sp³-hybridized carbons (Fsp3) is 0.462. The number of hydrogen-bond acceptors (Lipinski definition) is 3. The zero-order chi connectivity index (χ0) is 12.8. The lowest BCUT2D eigenvalue weighted by atomic mass is 10.1. The fourth-order valence-corrected chi connectivity index (χ4v) is 1.63. The molecule has 0 fully saturated rings. The summed E-state index contributed by atoms with van der Waals surface area (Å²) >= 11 is 0. The van der Waals surface area contributed by atoms with Gasteiger partial charge in [0.15, 0.2) is 0 Å². The van der Waals surface area contributed by atoms with Gasteiger partial charge in [0.2, 0.25) is 0 Å². The minimum atomic E-state index is -0.280. The number of rotatable bonds is 5. The number of benzene rings is 1. The van der Waals surface area contributed by atoms with Crippen molar-refractivity contribution in [1.29, 1.82) is 0 Å². The molecule has 4 nitrogen and oxygen atoms in total. The Morgan fingerprint density at radius 3 is 2.88 bits per heavy atom. The van der Waals surface area contributed by atoms with E-state index in [1.54, 1.807) is 25.1 Å². The number of amides is 1. The summed E-state index contributed by atoms with van der Waals surface area (Å²) in [5.74, 6) is -0.244. The fourth-order valence-electron chi connectivity index (χ4n) is 1.63. The molecule has 1 aromatic rings. The average molecular weight is 236 g/mol. The highest BCUT2D eigenvalue weighted by Crippen LogP contribution is 2.20. The molecular formula is C13H20N2O2. The zero-order valence-electron chi connectivity index (χ0n) is 10.4. The number of phenols is 1. The van der Waals surface area contributed by atoms with E-state index in [-0.39, 0.29) is 17.7 Å². The van der Waals surface area contributed by atoms with Crippen LogP contribution in [0.3, 0.4) is 0 Å².